The van der Waals surface area contributed by atoms with Crippen LogP contribution in [0.15, 0.2) is 24.8 Å². The second kappa shape index (κ2) is 6.60. The van der Waals surface area contributed by atoms with Crippen LogP contribution in [0.25, 0.3) is 0 Å². The van der Waals surface area contributed by atoms with Gasteiger partial charge < -0.3 is 10.5 Å². The zero-order chi connectivity index (χ0) is 17.1. The third-order valence-corrected chi connectivity index (χ3v) is 3.05. The molecule has 0 saturated carbocycles. The molecule has 0 aliphatic rings. The Morgan fingerprint density at radius 1 is 1.18 bits per heavy atom. The van der Waals surface area contributed by atoms with E-state index in [9.17, 15) is 26.3 Å². The third kappa shape index (κ3) is 4.16. The fourth-order valence-electron chi connectivity index (χ4n) is 2.02. The van der Waals surface area contributed by atoms with Gasteiger partial charge in [0.1, 0.15) is 5.75 Å². The van der Waals surface area contributed by atoms with E-state index in [1.54, 1.807) is 0 Å². The lowest BCUT2D eigenvalue weighted by molar-refractivity contribution is -0.143. The van der Waals surface area contributed by atoms with E-state index in [1.165, 1.54) is 6.08 Å². The van der Waals surface area contributed by atoms with Crippen molar-refractivity contribution in [3.63, 3.8) is 0 Å². The van der Waals surface area contributed by atoms with Crippen LogP contribution in [0.1, 0.15) is 35.6 Å². The van der Waals surface area contributed by atoms with Gasteiger partial charge in [0.15, 0.2) is 0 Å². The molecule has 0 spiro atoms. The Bertz CT molecular complexity index is 535. The maximum Gasteiger partial charge on any atom is 0.416 e. The van der Waals surface area contributed by atoms with Gasteiger partial charge in [-0.2, -0.15) is 26.3 Å². The molecule has 0 fully saturated rings. The van der Waals surface area contributed by atoms with E-state index in [0.717, 1.165) is 7.11 Å². The topological polar surface area (TPSA) is 35.2 Å². The molecule has 0 aliphatic carbocycles. The molecule has 0 aromatic heterocycles. The second-order valence-corrected chi connectivity index (χ2v) is 4.61. The van der Waals surface area contributed by atoms with Crippen LogP contribution < -0.4 is 10.5 Å². The Hall–Kier alpha value is -1.70. The molecule has 0 radical (unpaired) electrons. The molecule has 1 aromatic carbocycles. The molecule has 1 rings (SSSR count). The van der Waals surface area contributed by atoms with Gasteiger partial charge in [-0.1, -0.05) is 6.08 Å². The quantitative estimate of drug-likeness (QED) is 0.628. The molecule has 0 unspecified atom stereocenters. The molecule has 22 heavy (non-hydrogen) atoms. The zero-order valence-electron chi connectivity index (χ0n) is 11.7. The van der Waals surface area contributed by atoms with Crippen LogP contribution in [-0.4, -0.2) is 7.11 Å². The summed E-state index contributed by atoms with van der Waals surface area (Å²) in [7, 11) is 0.999. The number of hydrogen-bond donors (Lipinski definition) is 1. The van der Waals surface area contributed by atoms with E-state index in [-0.39, 0.29) is 12.5 Å². The summed E-state index contributed by atoms with van der Waals surface area (Å²) >= 11 is 0. The Balaban J connectivity index is 3.55. The van der Waals surface area contributed by atoms with Crippen LogP contribution in [0.2, 0.25) is 0 Å². The summed E-state index contributed by atoms with van der Waals surface area (Å²) in [6, 6.07) is -0.531. The van der Waals surface area contributed by atoms with Crippen LogP contribution in [0.5, 0.6) is 5.75 Å². The number of hydrogen-bond acceptors (Lipinski definition) is 2. The number of rotatable bonds is 5. The molecule has 1 atom stereocenters. The van der Waals surface area contributed by atoms with Crippen molar-refractivity contribution >= 4 is 0 Å². The molecule has 124 valence electrons. The predicted octanol–water partition coefficient (Wildman–Crippen LogP) is 4.70. The highest BCUT2D eigenvalue weighted by molar-refractivity contribution is 5.48. The second-order valence-electron chi connectivity index (χ2n) is 4.61. The lowest BCUT2D eigenvalue weighted by Crippen LogP contribution is -2.20. The zero-order valence-corrected chi connectivity index (χ0v) is 11.7. The number of nitrogens with two attached hydrogens (primary N) is 1. The number of allylic oxidation sites excluding steroid dienone is 1. The molecule has 2 nitrogen and oxygen atoms in total. The van der Waals surface area contributed by atoms with Crippen molar-refractivity contribution in [1.82, 2.24) is 0 Å². The van der Waals surface area contributed by atoms with E-state index in [0.29, 0.717) is 12.5 Å². The first-order valence-electron chi connectivity index (χ1n) is 6.25. The number of ether oxygens (including phenoxy) is 1. The number of benzene rings is 1. The molecule has 0 heterocycles. The minimum atomic E-state index is -4.98. The average molecular weight is 327 g/mol. The first kappa shape index (κ1) is 18.3. The van der Waals surface area contributed by atoms with Crippen molar-refractivity contribution in [3.05, 3.63) is 41.5 Å². The lowest BCUT2D eigenvalue weighted by atomic mass is 9.93. The standard InChI is InChI=1S/C14H15F6NO/c1-3-4-5-10(21)12-9(14(18,19)20)6-8(13(15,16)17)7-11(12)22-2/h3,6-7,10H,1,4-5,21H2,2H3/t10-/m1/s1. The van der Waals surface area contributed by atoms with Gasteiger partial charge in [-0.15, -0.1) is 6.58 Å². The van der Waals surface area contributed by atoms with Crippen molar-refractivity contribution in [2.24, 2.45) is 5.73 Å². The molecular formula is C14H15F6NO. The highest BCUT2D eigenvalue weighted by Crippen LogP contribution is 2.43. The fraction of sp³-hybridized carbons (Fsp3) is 0.429. The summed E-state index contributed by atoms with van der Waals surface area (Å²) in [5, 5.41) is 0. The van der Waals surface area contributed by atoms with Gasteiger partial charge in [-0.3, -0.25) is 0 Å². The Kier molecular flexibility index (Phi) is 5.50. The van der Waals surface area contributed by atoms with E-state index in [4.69, 9.17) is 10.5 Å². The molecule has 0 amide bonds. The fourth-order valence-corrected chi connectivity index (χ4v) is 2.02. The van der Waals surface area contributed by atoms with E-state index >= 15 is 0 Å². The Labute approximate surface area is 123 Å². The maximum absolute atomic E-state index is 13.1. The van der Waals surface area contributed by atoms with Crippen LogP contribution in [0.3, 0.4) is 0 Å². The van der Waals surface area contributed by atoms with Crippen molar-refractivity contribution in [2.75, 3.05) is 7.11 Å². The smallest absolute Gasteiger partial charge is 0.416 e. The molecule has 0 saturated heterocycles. The van der Waals surface area contributed by atoms with E-state index in [1.807, 2.05) is 0 Å². The summed E-state index contributed by atoms with van der Waals surface area (Å²) in [5.74, 6) is -0.529. The predicted molar refractivity (Wildman–Crippen MR) is 69.4 cm³/mol. The summed E-state index contributed by atoms with van der Waals surface area (Å²) in [6.07, 6.45) is -8.01. The van der Waals surface area contributed by atoms with Gasteiger partial charge >= 0.3 is 12.4 Å². The third-order valence-electron chi connectivity index (χ3n) is 3.05. The molecule has 2 N–H and O–H groups in total. The maximum atomic E-state index is 13.1. The molecule has 8 heteroatoms. The van der Waals surface area contributed by atoms with Gasteiger partial charge in [0.05, 0.1) is 18.2 Å². The Morgan fingerprint density at radius 3 is 2.18 bits per heavy atom. The highest BCUT2D eigenvalue weighted by Gasteiger charge is 2.40. The van der Waals surface area contributed by atoms with Crippen LogP contribution >= 0.6 is 0 Å². The van der Waals surface area contributed by atoms with Crippen LogP contribution in [-0.2, 0) is 12.4 Å². The molecular weight excluding hydrogens is 312 g/mol. The van der Waals surface area contributed by atoms with Gasteiger partial charge in [0.2, 0.25) is 0 Å². The minimum Gasteiger partial charge on any atom is -0.496 e. The molecule has 0 bridgehead atoms. The van der Waals surface area contributed by atoms with Gasteiger partial charge in [0.25, 0.3) is 0 Å². The number of alkyl halides is 6. The first-order valence-corrected chi connectivity index (χ1v) is 6.25. The average Bonchev–Trinajstić information content (AvgIpc) is 2.41. The van der Waals surface area contributed by atoms with Gasteiger partial charge in [-0.25, -0.2) is 0 Å². The summed E-state index contributed by atoms with van der Waals surface area (Å²) < 4.78 is 82.3. The van der Waals surface area contributed by atoms with Gasteiger partial charge in [-0.05, 0) is 25.0 Å². The SMILES string of the molecule is C=CCC[C@@H](N)c1c(OC)cc(C(F)(F)F)cc1C(F)(F)F. The number of halogens is 6. The van der Waals surface area contributed by atoms with Gasteiger partial charge in [0, 0.05) is 11.6 Å². The largest absolute Gasteiger partial charge is 0.496 e. The van der Waals surface area contributed by atoms with Crippen molar-refractivity contribution in [1.29, 1.82) is 0 Å². The number of methoxy groups -OCH3 is 1. The van der Waals surface area contributed by atoms with Crippen LogP contribution in [0.4, 0.5) is 26.3 Å². The highest BCUT2D eigenvalue weighted by atomic mass is 19.4. The first-order chi connectivity index (χ1) is 10.0. The van der Waals surface area contributed by atoms with Crippen molar-refractivity contribution in [3.8, 4) is 5.75 Å². The van der Waals surface area contributed by atoms with E-state index < -0.39 is 40.8 Å². The Morgan fingerprint density at radius 2 is 1.77 bits per heavy atom. The minimum absolute atomic E-state index is 0.0611. The summed E-state index contributed by atoms with van der Waals surface area (Å²) in [5.41, 5.74) is 2.35. The van der Waals surface area contributed by atoms with Crippen molar-refractivity contribution < 1.29 is 31.1 Å². The summed E-state index contributed by atoms with van der Waals surface area (Å²) in [4.78, 5) is 0. The van der Waals surface area contributed by atoms with E-state index in [2.05, 4.69) is 6.58 Å². The molecule has 0 aliphatic heterocycles. The lowest BCUT2D eigenvalue weighted by Gasteiger charge is -2.23. The normalized spacial score (nSPS) is 13.8. The molecule has 1 aromatic rings. The summed E-state index contributed by atoms with van der Waals surface area (Å²) in [6.45, 7) is 3.43. The monoisotopic (exact) mass is 327 g/mol. The van der Waals surface area contributed by atoms with Crippen molar-refractivity contribution in [2.45, 2.75) is 31.2 Å². The van der Waals surface area contributed by atoms with Crippen LogP contribution in [0, 0.1) is 0 Å².